The van der Waals surface area contributed by atoms with Crippen LogP contribution in [0.15, 0.2) is 30.3 Å². The average Bonchev–Trinajstić information content (AvgIpc) is 2.92. The van der Waals surface area contributed by atoms with Gasteiger partial charge in [-0.15, -0.1) is 0 Å². The topological polar surface area (TPSA) is 47.9 Å². The van der Waals surface area contributed by atoms with Crippen LogP contribution in [0.2, 0.25) is 0 Å². The molecule has 0 unspecified atom stereocenters. The number of hydrogen-bond acceptors (Lipinski definition) is 4. The molecule has 0 amide bonds. The number of fused-ring (bicyclic) bond motifs is 1. The van der Waals surface area contributed by atoms with E-state index in [1.54, 1.807) is 7.11 Å². The zero-order valence-corrected chi connectivity index (χ0v) is 14.3. The number of hydrogen-bond donors (Lipinski definition) is 1. The Morgan fingerprint density at radius 2 is 2.00 bits per heavy atom. The van der Waals surface area contributed by atoms with Gasteiger partial charge in [0.1, 0.15) is 0 Å². The maximum absolute atomic E-state index is 10.5. The molecule has 1 saturated carbocycles. The molecule has 0 spiro atoms. The molecule has 1 aliphatic carbocycles. The van der Waals surface area contributed by atoms with Gasteiger partial charge in [0.25, 0.3) is 0 Å². The molecule has 1 aromatic carbocycles. The monoisotopic (exact) mass is 320 g/mol. The smallest absolute Gasteiger partial charge is 0.168 e. The Morgan fingerprint density at radius 3 is 2.70 bits per heavy atom. The Bertz CT molecular complexity index is 519. The maximum atomic E-state index is 10.5. The van der Waals surface area contributed by atoms with Crippen LogP contribution < -0.4 is 0 Å². The van der Waals surface area contributed by atoms with E-state index in [0.717, 1.165) is 12.8 Å². The highest BCUT2D eigenvalue weighted by molar-refractivity contribution is 5.13. The third-order valence-electron chi connectivity index (χ3n) is 5.84. The highest BCUT2D eigenvalue weighted by Gasteiger charge is 2.58. The summed E-state index contributed by atoms with van der Waals surface area (Å²) in [6.45, 7) is 5.82. The van der Waals surface area contributed by atoms with Crippen molar-refractivity contribution in [2.24, 2.45) is 17.3 Å². The summed E-state index contributed by atoms with van der Waals surface area (Å²) in [6.07, 6.45) is 1.57. The molecule has 1 saturated heterocycles. The zero-order valence-electron chi connectivity index (χ0n) is 14.3. The minimum absolute atomic E-state index is 0.0393. The number of aliphatic hydroxyl groups is 1. The maximum Gasteiger partial charge on any atom is 0.168 e. The third-order valence-corrected chi connectivity index (χ3v) is 5.84. The van der Waals surface area contributed by atoms with E-state index in [2.05, 4.69) is 19.1 Å². The molecule has 4 nitrogen and oxygen atoms in total. The first-order valence-corrected chi connectivity index (χ1v) is 8.47. The van der Waals surface area contributed by atoms with E-state index in [0.29, 0.717) is 19.8 Å². The van der Waals surface area contributed by atoms with Crippen molar-refractivity contribution in [2.45, 2.75) is 45.2 Å². The van der Waals surface area contributed by atoms with Crippen molar-refractivity contribution in [3.8, 4) is 0 Å². The Morgan fingerprint density at radius 1 is 1.26 bits per heavy atom. The van der Waals surface area contributed by atoms with Gasteiger partial charge in [0, 0.05) is 18.9 Å². The average molecular weight is 320 g/mol. The van der Waals surface area contributed by atoms with Gasteiger partial charge in [-0.2, -0.15) is 0 Å². The number of ether oxygens (including phenoxy) is 3. The van der Waals surface area contributed by atoms with Crippen LogP contribution in [-0.4, -0.2) is 37.3 Å². The molecule has 0 bridgehead atoms. The molecule has 128 valence electrons. The Labute approximate surface area is 138 Å². The number of methoxy groups -OCH3 is 1. The van der Waals surface area contributed by atoms with Crippen LogP contribution in [0.1, 0.15) is 32.3 Å². The summed E-state index contributed by atoms with van der Waals surface area (Å²) in [4.78, 5) is 0. The van der Waals surface area contributed by atoms with Gasteiger partial charge in [-0.3, -0.25) is 0 Å². The Balaban J connectivity index is 1.67. The molecule has 2 fully saturated rings. The molecule has 2 aliphatic rings. The summed E-state index contributed by atoms with van der Waals surface area (Å²) in [5, 5.41) is 10.5. The van der Waals surface area contributed by atoms with Crippen LogP contribution in [0, 0.1) is 17.3 Å². The Kier molecular flexibility index (Phi) is 4.79. The van der Waals surface area contributed by atoms with Crippen molar-refractivity contribution in [2.75, 3.05) is 20.3 Å². The quantitative estimate of drug-likeness (QED) is 0.906. The van der Waals surface area contributed by atoms with Gasteiger partial charge < -0.3 is 19.3 Å². The fraction of sp³-hybridized carbons (Fsp3) is 0.684. The van der Waals surface area contributed by atoms with E-state index in [4.69, 9.17) is 14.2 Å². The minimum Gasteiger partial charge on any atom is -0.390 e. The molecule has 0 radical (unpaired) electrons. The first-order chi connectivity index (χ1) is 11.0. The van der Waals surface area contributed by atoms with Crippen molar-refractivity contribution < 1.29 is 19.3 Å². The molecular formula is C19H28O4. The highest BCUT2D eigenvalue weighted by atomic mass is 16.7. The standard InChI is InChI=1S/C19H28O4/c1-18(13-22-11-14-7-5-4-6-8-14)10-9-15-17(18)16(20)12-23-19(15,2)21-3/h4-8,15-17,20H,9-13H2,1-3H3/t15-,16+,17-,18+,19+/m1/s1. The van der Waals surface area contributed by atoms with Crippen molar-refractivity contribution in [1.29, 1.82) is 0 Å². The lowest BCUT2D eigenvalue weighted by Crippen LogP contribution is -2.55. The van der Waals surface area contributed by atoms with Crippen molar-refractivity contribution in [1.82, 2.24) is 0 Å². The van der Waals surface area contributed by atoms with E-state index < -0.39 is 11.9 Å². The number of rotatable bonds is 5. The lowest BCUT2D eigenvalue weighted by Gasteiger charge is -2.47. The molecular weight excluding hydrogens is 292 g/mol. The van der Waals surface area contributed by atoms with Crippen molar-refractivity contribution >= 4 is 0 Å². The second-order valence-electron chi connectivity index (χ2n) is 7.40. The molecule has 1 heterocycles. The second-order valence-corrected chi connectivity index (χ2v) is 7.40. The van der Waals surface area contributed by atoms with Crippen LogP contribution >= 0.6 is 0 Å². The van der Waals surface area contributed by atoms with Crippen LogP contribution in [0.5, 0.6) is 0 Å². The summed E-state index contributed by atoms with van der Waals surface area (Å²) >= 11 is 0. The summed E-state index contributed by atoms with van der Waals surface area (Å²) in [5.41, 5.74) is 1.14. The molecule has 4 heteroatoms. The largest absolute Gasteiger partial charge is 0.390 e. The van der Waals surface area contributed by atoms with Gasteiger partial charge in [0.15, 0.2) is 5.79 Å². The first kappa shape index (κ1) is 16.9. The zero-order chi connectivity index (χ0) is 16.5. The van der Waals surface area contributed by atoms with Gasteiger partial charge in [-0.1, -0.05) is 37.3 Å². The number of aliphatic hydroxyl groups excluding tert-OH is 1. The van der Waals surface area contributed by atoms with Crippen LogP contribution in [-0.2, 0) is 20.8 Å². The number of benzene rings is 1. The Hall–Kier alpha value is -0.940. The van der Waals surface area contributed by atoms with Gasteiger partial charge in [0.05, 0.1) is 25.9 Å². The highest BCUT2D eigenvalue weighted by Crippen LogP contribution is 2.55. The van der Waals surface area contributed by atoms with Crippen LogP contribution in [0.4, 0.5) is 0 Å². The summed E-state index contributed by atoms with van der Waals surface area (Å²) in [7, 11) is 1.69. The van der Waals surface area contributed by atoms with Gasteiger partial charge in [0.2, 0.25) is 0 Å². The molecule has 23 heavy (non-hydrogen) atoms. The third kappa shape index (κ3) is 3.18. The van der Waals surface area contributed by atoms with Gasteiger partial charge in [-0.05, 0) is 30.7 Å². The fourth-order valence-electron chi connectivity index (χ4n) is 4.45. The van der Waals surface area contributed by atoms with Crippen LogP contribution in [0.3, 0.4) is 0 Å². The lowest BCUT2D eigenvalue weighted by atomic mass is 9.71. The van der Waals surface area contributed by atoms with E-state index in [-0.39, 0.29) is 17.3 Å². The first-order valence-electron chi connectivity index (χ1n) is 8.47. The molecule has 0 aromatic heterocycles. The molecule has 5 atom stereocenters. The van der Waals surface area contributed by atoms with E-state index in [1.165, 1.54) is 5.56 Å². The van der Waals surface area contributed by atoms with E-state index in [1.807, 2.05) is 25.1 Å². The van der Waals surface area contributed by atoms with Crippen LogP contribution in [0.25, 0.3) is 0 Å². The summed E-state index contributed by atoms with van der Waals surface area (Å²) < 4.78 is 17.4. The normalized spacial score (nSPS) is 40.1. The predicted molar refractivity (Wildman–Crippen MR) is 87.8 cm³/mol. The van der Waals surface area contributed by atoms with E-state index >= 15 is 0 Å². The van der Waals surface area contributed by atoms with Crippen molar-refractivity contribution in [3.63, 3.8) is 0 Å². The minimum atomic E-state index is -0.596. The second kappa shape index (κ2) is 6.52. The predicted octanol–water partition coefficient (Wildman–Crippen LogP) is 2.99. The fourth-order valence-corrected chi connectivity index (χ4v) is 4.45. The SMILES string of the molecule is CO[C@@]1(C)OC[C@H](O)[C@H]2[C@H]1CC[C@@]2(C)COCc1ccccc1. The van der Waals surface area contributed by atoms with Gasteiger partial charge in [-0.25, -0.2) is 0 Å². The molecule has 3 rings (SSSR count). The lowest BCUT2D eigenvalue weighted by molar-refractivity contribution is -0.298. The summed E-state index contributed by atoms with van der Waals surface area (Å²) in [6, 6.07) is 10.2. The molecule has 1 aliphatic heterocycles. The molecule has 1 N–H and O–H groups in total. The van der Waals surface area contributed by atoms with E-state index in [9.17, 15) is 5.11 Å². The molecule has 1 aromatic rings. The van der Waals surface area contributed by atoms with Gasteiger partial charge >= 0.3 is 0 Å². The van der Waals surface area contributed by atoms with Crippen molar-refractivity contribution in [3.05, 3.63) is 35.9 Å². The summed E-state index contributed by atoms with van der Waals surface area (Å²) in [5.74, 6) is -0.236.